The smallest absolute Gasteiger partial charge is 0.119 e. The summed E-state index contributed by atoms with van der Waals surface area (Å²) in [7, 11) is 1.65. The Hall–Kier alpha value is -1.33. The lowest BCUT2D eigenvalue weighted by atomic mass is 10.1. The van der Waals surface area contributed by atoms with Crippen LogP contribution in [0.3, 0.4) is 0 Å². The van der Waals surface area contributed by atoms with Gasteiger partial charge in [-0.3, -0.25) is 5.10 Å². The number of H-pyrrole nitrogens is 1. The van der Waals surface area contributed by atoms with Gasteiger partial charge in [0.1, 0.15) is 11.4 Å². The van der Waals surface area contributed by atoms with E-state index in [0.29, 0.717) is 6.54 Å². The van der Waals surface area contributed by atoms with Crippen molar-refractivity contribution in [3.05, 3.63) is 34.4 Å². The molecule has 2 rings (SSSR count). The molecule has 0 bridgehead atoms. The second-order valence-electron chi connectivity index (χ2n) is 3.64. The topological polar surface area (TPSA) is 63.9 Å². The summed E-state index contributed by atoms with van der Waals surface area (Å²) in [6.45, 7) is 0.596. The molecule has 0 unspecified atom stereocenters. The van der Waals surface area contributed by atoms with E-state index in [-0.39, 0.29) is 0 Å². The fourth-order valence-corrected chi connectivity index (χ4v) is 2.24. The van der Waals surface area contributed by atoms with Crippen LogP contribution in [-0.4, -0.2) is 23.9 Å². The maximum Gasteiger partial charge on any atom is 0.119 e. The van der Waals surface area contributed by atoms with Gasteiger partial charge in [-0.1, -0.05) is 12.1 Å². The third-order valence-corrected chi connectivity index (χ3v) is 3.37. The number of ether oxygens (including phenoxy) is 1. The molecule has 1 aromatic carbocycles. The summed E-state index contributed by atoms with van der Waals surface area (Å²) < 4.78 is 6.17. The van der Waals surface area contributed by atoms with E-state index in [4.69, 9.17) is 10.5 Å². The average molecular weight is 296 g/mol. The number of aromatic amines is 1. The van der Waals surface area contributed by atoms with Crippen molar-refractivity contribution < 1.29 is 4.74 Å². The van der Waals surface area contributed by atoms with E-state index < -0.39 is 0 Å². The highest BCUT2D eigenvalue weighted by Gasteiger charge is 2.12. The highest BCUT2D eigenvalue weighted by molar-refractivity contribution is 9.10. The molecular formula is C12H14BrN3O. The lowest BCUT2D eigenvalue weighted by Crippen LogP contribution is -2.03. The van der Waals surface area contributed by atoms with Crippen LogP contribution in [-0.2, 0) is 6.42 Å². The van der Waals surface area contributed by atoms with E-state index in [1.54, 1.807) is 7.11 Å². The fraction of sp³-hybridized carbons (Fsp3) is 0.250. The Labute approximate surface area is 108 Å². The Bertz CT molecular complexity index is 510. The van der Waals surface area contributed by atoms with E-state index in [0.717, 1.165) is 33.6 Å². The zero-order valence-corrected chi connectivity index (χ0v) is 11.1. The molecule has 0 saturated carbocycles. The maximum atomic E-state index is 5.53. The van der Waals surface area contributed by atoms with Gasteiger partial charge in [-0.05, 0) is 34.6 Å². The van der Waals surface area contributed by atoms with Crippen molar-refractivity contribution in [1.29, 1.82) is 0 Å². The number of benzene rings is 1. The minimum Gasteiger partial charge on any atom is -0.497 e. The van der Waals surface area contributed by atoms with Crippen molar-refractivity contribution >= 4 is 15.9 Å². The van der Waals surface area contributed by atoms with Gasteiger partial charge < -0.3 is 10.5 Å². The van der Waals surface area contributed by atoms with Crippen LogP contribution >= 0.6 is 15.9 Å². The first-order chi connectivity index (χ1) is 8.26. The van der Waals surface area contributed by atoms with Crippen LogP contribution in [0.15, 0.2) is 28.7 Å². The quantitative estimate of drug-likeness (QED) is 0.910. The Balaban J connectivity index is 2.38. The van der Waals surface area contributed by atoms with Gasteiger partial charge >= 0.3 is 0 Å². The second kappa shape index (κ2) is 5.33. The molecule has 0 atom stereocenters. The minimum absolute atomic E-state index is 0.596. The molecule has 3 N–H and O–H groups in total. The highest BCUT2D eigenvalue weighted by Crippen LogP contribution is 2.30. The zero-order valence-electron chi connectivity index (χ0n) is 9.53. The molecule has 0 spiro atoms. The molecule has 90 valence electrons. The molecule has 1 heterocycles. The second-order valence-corrected chi connectivity index (χ2v) is 4.43. The minimum atomic E-state index is 0.596. The van der Waals surface area contributed by atoms with Gasteiger partial charge in [-0.2, -0.15) is 5.10 Å². The third-order valence-electron chi connectivity index (χ3n) is 2.51. The van der Waals surface area contributed by atoms with Crippen LogP contribution in [0.25, 0.3) is 11.3 Å². The average Bonchev–Trinajstić information content (AvgIpc) is 2.72. The van der Waals surface area contributed by atoms with Crippen molar-refractivity contribution in [1.82, 2.24) is 10.2 Å². The molecule has 0 aliphatic carbocycles. The van der Waals surface area contributed by atoms with Gasteiger partial charge in [0.05, 0.1) is 17.3 Å². The number of nitrogens with one attached hydrogen (secondary N) is 1. The van der Waals surface area contributed by atoms with Gasteiger partial charge in [0.2, 0.25) is 0 Å². The van der Waals surface area contributed by atoms with Gasteiger partial charge in [-0.15, -0.1) is 0 Å². The van der Waals surface area contributed by atoms with Crippen molar-refractivity contribution in [2.24, 2.45) is 5.73 Å². The standard InChI is InChI=1S/C12H14BrN3O/c1-17-9-4-2-3-8(7-9)12-11(13)10(5-6-14)15-16-12/h2-4,7H,5-6,14H2,1H3,(H,15,16). The molecule has 0 radical (unpaired) electrons. The molecule has 17 heavy (non-hydrogen) atoms. The lowest BCUT2D eigenvalue weighted by molar-refractivity contribution is 0.415. The monoisotopic (exact) mass is 295 g/mol. The fourth-order valence-electron chi connectivity index (χ4n) is 1.64. The zero-order chi connectivity index (χ0) is 12.3. The van der Waals surface area contributed by atoms with Crippen LogP contribution in [0, 0.1) is 0 Å². The number of aromatic nitrogens is 2. The van der Waals surface area contributed by atoms with Crippen molar-refractivity contribution in [3.8, 4) is 17.0 Å². The van der Waals surface area contributed by atoms with Crippen molar-refractivity contribution in [3.63, 3.8) is 0 Å². The molecule has 2 aromatic rings. The summed E-state index contributed by atoms with van der Waals surface area (Å²) in [5.41, 5.74) is 8.44. The number of hydrogen-bond acceptors (Lipinski definition) is 3. The first-order valence-corrected chi connectivity index (χ1v) is 6.12. The van der Waals surface area contributed by atoms with Gasteiger partial charge in [0.15, 0.2) is 0 Å². The van der Waals surface area contributed by atoms with Gasteiger partial charge in [-0.25, -0.2) is 0 Å². The van der Waals surface area contributed by atoms with E-state index in [2.05, 4.69) is 26.1 Å². The van der Waals surface area contributed by atoms with Crippen LogP contribution < -0.4 is 10.5 Å². The molecular weight excluding hydrogens is 282 g/mol. The van der Waals surface area contributed by atoms with Crippen LogP contribution in [0.1, 0.15) is 5.69 Å². The van der Waals surface area contributed by atoms with Crippen LogP contribution in [0.2, 0.25) is 0 Å². The summed E-state index contributed by atoms with van der Waals surface area (Å²) in [5.74, 6) is 0.817. The van der Waals surface area contributed by atoms with Crippen molar-refractivity contribution in [2.75, 3.05) is 13.7 Å². The van der Waals surface area contributed by atoms with E-state index in [9.17, 15) is 0 Å². The highest BCUT2D eigenvalue weighted by atomic mass is 79.9. The Morgan fingerprint density at radius 3 is 3.00 bits per heavy atom. The first-order valence-electron chi connectivity index (χ1n) is 5.33. The third kappa shape index (κ3) is 2.50. The summed E-state index contributed by atoms with van der Waals surface area (Å²) in [6, 6.07) is 7.80. The molecule has 0 aliphatic rings. The maximum absolute atomic E-state index is 5.53. The SMILES string of the molecule is COc1cccc(-c2n[nH]c(CCN)c2Br)c1. The number of halogens is 1. The first kappa shape index (κ1) is 12.1. The Kier molecular flexibility index (Phi) is 3.81. The molecule has 0 aliphatic heterocycles. The van der Waals surface area contributed by atoms with Crippen molar-refractivity contribution in [2.45, 2.75) is 6.42 Å². The predicted molar refractivity (Wildman–Crippen MR) is 71.0 cm³/mol. The molecule has 0 saturated heterocycles. The Morgan fingerprint density at radius 2 is 2.29 bits per heavy atom. The number of methoxy groups -OCH3 is 1. The van der Waals surface area contributed by atoms with Gasteiger partial charge in [0.25, 0.3) is 0 Å². The van der Waals surface area contributed by atoms with E-state index in [1.165, 1.54) is 0 Å². The normalized spacial score (nSPS) is 10.5. The van der Waals surface area contributed by atoms with E-state index >= 15 is 0 Å². The van der Waals surface area contributed by atoms with Gasteiger partial charge in [0, 0.05) is 12.0 Å². The summed E-state index contributed by atoms with van der Waals surface area (Å²) in [6.07, 6.45) is 0.775. The molecule has 4 nitrogen and oxygen atoms in total. The predicted octanol–water partition coefficient (Wildman–Crippen LogP) is 2.35. The summed E-state index contributed by atoms with van der Waals surface area (Å²) >= 11 is 3.55. The number of nitrogens with zero attached hydrogens (tertiary/aromatic N) is 1. The molecule has 0 fully saturated rings. The lowest BCUT2D eigenvalue weighted by Gasteiger charge is -2.02. The molecule has 0 amide bonds. The molecule has 1 aromatic heterocycles. The summed E-state index contributed by atoms with van der Waals surface area (Å²) in [4.78, 5) is 0. The summed E-state index contributed by atoms with van der Waals surface area (Å²) in [5, 5.41) is 7.29. The Morgan fingerprint density at radius 1 is 1.47 bits per heavy atom. The van der Waals surface area contributed by atoms with E-state index in [1.807, 2.05) is 24.3 Å². The van der Waals surface area contributed by atoms with Crippen LogP contribution in [0.4, 0.5) is 0 Å². The number of hydrogen-bond donors (Lipinski definition) is 2. The van der Waals surface area contributed by atoms with Crippen LogP contribution in [0.5, 0.6) is 5.75 Å². The largest absolute Gasteiger partial charge is 0.497 e. The number of nitrogens with two attached hydrogens (primary N) is 1. The number of rotatable bonds is 4. The molecule has 5 heteroatoms.